The van der Waals surface area contributed by atoms with Gasteiger partial charge in [0.1, 0.15) is 0 Å². The average molecular weight is 500 g/mol. The molecule has 0 N–H and O–H groups in total. The molecular weight excluding hydrogens is 470 g/mol. The number of aryl methyl sites for hydroxylation is 4. The lowest BCUT2D eigenvalue weighted by atomic mass is 10.1. The van der Waals surface area contributed by atoms with Crippen LogP contribution in [0.3, 0.4) is 0 Å². The molecule has 0 unspecified atom stereocenters. The maximum Gasteiger partial charge on any atom is 0.188 e. The van der Waals surface area contributed by atoms with E-state index in [1.54, 1.807) is 22.7 Å². The first kappa shape index (κ1) is 22.5. The number of rotatable bonds is 4. The molecule has 3 heterocycles. The molecular formula is C28H29N5S2. The number of benzene rings is 3. The zero-order valence-corrected chi connectivity index (χ0v) is 22.2. The molecule has 1 aliphatic rings. The summed E-state index contributed by atoms with van der Waals surface area (Å²) in [6.45, 7) is 12.0. The Balaban J connectivity index is 1.36. The van der Waals surface area contributed by atoms with Gasteiger partial charge in [-0.1, -0.05) is 53.0 Å². The van der Waals surface area contributed by atoms with Crippen LogP contribution < -0.4 is 9.80 Å². The van der Waals surface area contributed by atoms with Crippen LogP contribution in [0.25, 0.3) is 20.4 Å². The molecule has 5 nitrogen and oxygen atoms in total. The predicted molar refractivity (Wildman–Crippen MR) is 150 cm³/mol. The Hall–Kier alpha value is -3.00. The molecule has 35 heavy (non-hydrogen) atoms. The van der Waals surface area contributed by atoms with Gasteiger partial charge in [0.25, 0.3) is 0 Å². The summed E-state index contributed by atoms with van der Waals surface area (Å²) in [6, 6.07) is 19.7. The van der Waals surface area contributed by atoms with E-state index in [4.69, 9.17) is 9.97 Å². The molecule has 0 spiro atoms. The van der Waals surface area contributed by atoms with Crippen molar-refractivity contribution in [2.45, 2.75) is 34.2 Å². The Morgan fingerprint density at radius 2 is 1.14 bits per heavy atom. The molecule has 0 saturated carbocycles. The highest BCUT2D eigenvalue weighted by Crippen LogP contribution is 2.35. The van der Waals surface area contributed by atoms with Crippen molar-refractivity contribution in [3.05, 3.63) is 82.4 Å². The molecule has 6 rings (SSSR count). The van der Waals surface area contributed by atoms with Crippen molar-refractivity contribution in [2.24, 2.45) is 0 Å². The minimum Gasteiger partial charge on any atom is -0.317 e. The zero-order chi connectivity index (χ0) is 24.1. The fraction of sp³-hybridized carbons (Fsp3) is 0.286. The van der Waals surface area contributed by atoms with E-state index in [0.717, 1.165) is 47.8 Å². The zero-order valence-electron chi connectivity index (χ0n) is 20.6. The molecule has 0 atom stereocenters. The number of thiazole rings is 2. The second kappa shape index (κ2) is 8.90. The first-order chi connectivity index (χ1) is 16.9. The van der Waals surface area contributed by atoms with E-state index in [0.29, 0.717) is 0 Å². The third-order valence-electron chi connectivity index (χ3n) is 6.86. The van der Waals surface area contributed by atoms with Gasteiger partial charge in [0, 0.05) is 6.54 Å². The maximum atomic E-state index is 5.05. The summed E-state index contributed by atoms with van der Waals surface area (Å²) in [7, 11) is 0. The Bertz CT molecular complexity index is 1350. The minimum atomic E-state index is 0.779. The van der Waals surface area contributed by atoms with Gasteiger partial charge < -0.3 is 9.80 Å². The number of anilines is 2. The predicted octanol–water partition coefficient (Wildman–Crippen LogP) is 6.84. The minimum absolute atomic E-state index is 0.779. The Morgan fingerprint density at radius 3 is 1.66 bits per heavy atom. The summed E-state index contributed by atoms with van der Waals surface area (Å²) in [5, 5.41) is 2.14. The molecule has 0 radical (unpaired) electrons. The summed E-state index contributed by atoms with van der Waals surface area (Å²) < 4.78 is 2.50. The van der Waals surface area contributed by atoms with E-state index in [-0.39, 0.29) is 0 Å². The third kappa shape index (κ3) is 4.40. The molecule has 0 amide bonds. The molecule has 178 valence electrons. The van der Waals surface area contributed by atoms with E-state index in [1.165, 1.54) is 37.2 Å². The van der Waals surface area contributed by atoms with Gasteiger partial charge in [-0.3, -0.25) is 4.90 Å². The number of aromatic nitrogens is 2. The van der Waals surface area contributed by atoms with Crippen molar-refractivity contribution in [1.82, 2.24) is 14.9 Å². The van der Waals surface area contributed by atoms with E-state index in [9.17, 15) is 0 Å². The fourth-order valence-corrected chi connectivity index (χ4v) is 6.67. The highest BCUT2D eigenvalue weighted by molar-refractivity contribution is 7.22. The summed E-state index contributed by atoms with van der Waals surface area (Å²) in [5.41, 5.74) is 8.72. The van der Waals surface area contributed by atoms with Crippen LogP contribution in [0.2, 0.25) is 0 Å². The molecule has 5 aromatic rings. The monoisotopic (exact) mass is 499 g/mol. The number of nitrogens with zero attached hydrogens (tertiary/aromatic N) is 5. The Morgan fingerprint density at radius 1 is 0.657 bits per heavy atom. The maximum absolute atomic E-state index is 5.05. The SMILES string of the molecule is Cc1cc2nc(N3CN(Cc4ccccc4)CN(c4nc5cc(C)c(C)cc5s4)C3)sc2cc1C. The van der Waals surface area contributed by atoms with Gasteiger partial charge in [-0.15, -0.1) is 0 Å². The molecule has 2 aromatic heterocycles. The van der Waals surface area contributed by atoms with Crippen LogP contribution >= 0.6 is 22.7 Å². The van der Waals surface area contributed by atoms with Crippen molar-refractivity contribution >= 4 is 53.4 Å². The standard InChI is InChI=1S/C28H29N5S2/c1-18-10-23-25(12-20(18)3)34-27(29-23)32-15-31(14-22-8-6-5-7-9-22)16-33(17-32)28-30-24-11-19(2)21(4)13-26(24)35-28/h5-13H,14-17H2,1-4H3. The molecule has 1 saturated heterocycles. The second-order valence-corrected chi connectivity index (χ2v) is 11.6. The van der Waals surface area contributed by atoms with E-state index in [2.05, 4.69) is 97.0 Å². The number of fused-ring (bicyclic) bond motifs is 2. The van der Waals surface area contributed by atoms with Gasteiger partial charge in [-0.25, -0.2) is 9.97 Å². The van der Waals surface area contributed by atoms with Crippen molar-refractivity contribution in [1.29, 1.82) is 0 Å². The van der Waals surface area contributed by atoms with Gasteiger partial charge in [0.15, 0.2) is 10.3 Å². The number of hydrogen-bond donors (Lipinski definition) is 0. The highest BCUT2D eigenvalue weighted by Gasteiger charge is 2.28. The fourth-order valence-electron chi connectivity index (χ4n) is 4.61. The first-order valence-corrected chi connectivity index (χ1v) is 13.6. The second-order valence-electron chi connectivity index (χ2n) is 9.62. The van der Waals surface area contributed by atoms with Crippen LogP contribution in [-0.2, 0) is 6.54 Å². The van der Waals surface area contributed by atoms with Crippen molar-refractivity contribution in [2.75, 3.05) is 29.8 Å². The summed E-state index contributed by atoms with van der Waals surface area (Å²) in [5.74, 6) is 0. The van der Waals surface area contributed by atoms with Crippen LogP contribution in [0, 0.1) is 27.7 Å². The van der Waals surface area contributed by atoms with Gasteiger partial charge >= 0.3 is 0 Å². The van der Waals surface area contributed by atoms with Crippen LogP contribution in [-0.4, -0.2) is 34.9 Å². The topological polar surface area (TPSA) is 35.5 Å². The van der Waals surface area contributed by atoms with Gasteiger partial charge in [0.05, 0.1) is 40.4 Å². The van der Waals surface area contributed by atoms with Gasteiger partial charge in [0.2, 0.25) is 0 Å². The van der Waals surface area contributed by atoms with Crippen molar-refractivity contribution in [3.63, 3.8) is 0 Å². The Kier molecular flexibility index (Phi) is 5.71. The lowest BCUT2D eigenvalue weighted by Crippen LogP contribution is -2.55. The summed E-state index contributed by atoms with van der Waals surface area (Å²) >= 11 is 3.57. The first-order valence-electron chi connectivity index (χ1n) is 11.9. The normalized spacial score (nSPS) is 15.0. The quantitative estimate of drug-likeness (QED) is 0.270. The Labute approximate surface area is 214 Å². The molecule has 1 aliphatic heterocycles. The average Bonchev–Trinajstić information content (AvgIpc) is 3.44. The molecule has 3 aromatic carbocycles. The summed E-state index contributed by atoms with van der Waals surface area (Å²) in [4.78, 5) is 17.4. The van der Waals surface area contributed by atoms with Gasteiger partial charge in [-0.2, -0.15) is 0 Å². The lowest BCUT2D eigenvalue weighted by Gasteiger charge is -2.42. The van der Waals surface area contributed by atoms with E-state index < -0.39 is 0 Å². The van der Waals surface area contributed by atoms with E-state index in [1.807, 2.05) is 0 Å². The largest absolute Gasteiger partial charge is 0.317 e. The van der Waals surface area contributed by atoms with Crippen molar-refractivity contribution < 1.29 is 0 Å². The molecule has 1 fully saturated rings. The summed E-state index contributed by atoms with van der Waals surface area (Å²) in [6.07, 6.45) is 0. The smallest absolute Gasteiger partial charge is 0.188 e. The lowest BCUT2D eigenvalue weighted by molar-refractivity contribution is 0.234. The molecule has 7 heteroatoms. The highest BCUT2D eigenvalue weighted by atomic mass is 32.1. The van der Waals surface area contributed by atoms with Crippen LogP contribution in [0.15, 0.2) is 54.6 Å². The van der Waals surface area contributed by atoms with Crippen LogP contribution in [0.1, 0.15) is 27.8 Å². The number of hydrogen-bond acceptors (Lipinski definition) is 7. The molecule has 0 aliphatic carbocycles. The van der Waals surface area contributed by atoms with Crippen LogP contribution in [0.5, 0.6) is 0 Å². The van der Waals surface area contributed by atoms with Gasteiger partial charge in [-0.05, 0) is 79.8 Å². The van der Waals surface area contributed by atoms with Crippen LogP contribution in [0.4, 0.5) is 10.3 Å². The third-order valence-corrected chi connectivity index (χ3v) is 9.02. The van der Waals surface area contributed by atoms with Crippen molar-refractivity contribution in [3.8, 4) is 0 Å². The van der Waals surface area contributed by atoms with E-state index >= 15 is 0 Å². The molecule has 0 bridgehead atoms.